The van der Waals surface area contributed by atoms with Crippen molar-refractivity contribution in [2.45, 2.75) is 32.3 Å². The van der Waals surface area contributed by atoms with Crippen LogP contribution in [0.1, 0.15) is 24.8 Å². The molecule has 1 aliphatic rings. The van der Waals surface area contributed by atoms with E-state index in [0.717, 1.165) is 24.8 Å². The largest absolute Gasteiger partial charge is 0.559 e. The number of rotatable bonds is 4. The molecule has 1 saturated carbocycles. The zero-order valence-electron chi connectivity index (χ0n) is 9.68. The minimum atomic E-state index is -1.15. The first-order chi connectivity index (χ1) is 7.64. The quantitative estimate of drug-likeness (QED) is 0.582. The number of hydrogen-bond donors (Lipinski definition) is 0. The van der Waals surface area contributed by atoms with Gasteiger partial charge in [-0.3, -0.25) is 0 Å². The summed E-state index contributed by atoms with van der Waals surface area (Å²) in [5, 5.41) is 12.3. The van der Waals surface area contributed by atoms with E-state index in [4.69, 9.17) is 9.68 Å². The topological polar surface area (TPSA) is 41.5 Å². The third-order valence-corrected chi connectivity index (χ3v) is 2.93. The monoisotopic (exact) mass is 223 g/mol. The van der Waals surface area contributed by atoms with Crippen LogP contribution in [0.25, 0.3) is 0 Å². The Balaban J connectivity index is 2.15. The number of quaternary nitrogens is 1. The first kappa shape index (κ1) is 11.5. The molecule has 1 aliphatic carbocycles. The number of nitrogens with zero attached hydrogens (tertiary/aromatic N) is 1. The fourth-order valence-corrected chi connectivity index (χ4v) is 1.61. The smallest absolute Gasteiger partial charge is 0.200 e. The van der Waals surface area contributed by atoms with Crippen LogP contribution in [0.4, 0.5) is 5.69 Å². The summed E-state index contributed by atoms with van der Waals surface area (Å²) in [6.45, 7) is 1.98. The SMILES string of the molecule is CO[N+]([O-])(OC1CCC1)c1ccc(C)cc1. The summed E-state index contributed by atoms with van der Waals surface area (Å²) in [7, 11) is 1.37. The van der Waals surface area contributed by atoms with E-state index in [2.05, 4.69) is 0 Å². The molecular weight excluding hydrogens is 206 g/mol. The van der Waals surface area contributed by atoms with Crippen LogP contribution in [0.3, 0.4) is 0 Å². The summed E-state index contributed by atoms with van der Waals surface area (Å²) in [5.41, 5.74) is 1.58. The van der Waals surface area contributed by atoms with E-state index in [-0.39, 0.29) is 6.10 Å². The van der Waals surface area contributed by atoms with Crippen molar-refractivity contribution in [2.24, 2.45) is 0 Å². The van der Waals surface area contributed by atoms with Crippen LogP contribution in [0.15, 0.2) is 24.3 Å². The van der Waals surface area contributed by atoms with Gasteiger partial charge in [0.05, 0.1) is 0 Å². The second-order valence-corrected chi connectivity index (χ2v) is 4.17. The van der Waals surface area contributed by atoms with E-state index in [9.17, 15) is 5.21 Å². The van der Waals surface area contributed by atoms with Crippen LogP contribution in [-0.4, -0.2) is 13.2 Å². The Morgan fingerprint density at radius 2 is 1.88 bits per heavy atom. The molecule has 0 heterocycles. The van der Waals surface area contributed by atoms with Crippen LogP contribution in [0, 0.1) is 12.1 Å². The molecule has 1 fully saturated rings. The molecular formula is C12H17NO3. The molecule has 1 aromatic carbocycles. The van der Waals surface area contributed by atoms with Gasteiger partial charge in [-0.25, -0.2) is 0 Å². The molecule has 0 aliphatic heterocycles. The molecule has 88 valence electrons. The molecule has 0 spiro atoms. The molecule has 0 amide bonds. The maximum atomic E-state index is 12.3. The molecule has 1 atom stereocenters. The highest BCUT2D eigenvalue weighted by atomic mass is 17.2. The van der Waals surface area contributed by atoms with E-state index in [1.54, 1.807) is 12.1 Å². The first-order valence-electron chi connectivity index (χ1n) is 5.55. The van der Waals surface area contributed by atoms with Crippen molar-refractivity contribution in [1.29, 1.82) is 0 Å². The van der Waals surface area contributed by atoms with E-state index < -0.39 is 4.97 Å². The van der Waals surface area contributed by atoms with Gasteiger partial charge in [0.2, 0.25) is 0 Å². The standard InChI is InChI=1S/C12H17NO3/c1-10-6-8-11(9-7-10)13(14,15-2)16-12-4-3-5-12/h6-9,12H,3-5H2,1-2H3. The Morgan fingerprint density at radius 1 is 1.25 bits per heavy atom. The average Bonchev–Trinajstić information content (AvgIpc) is 2.24. The second kappa shape index (κ2) is 4.51. The molecule has 4 heteroatoms. The average molecular weight is 223 g/mol. The lowest BCUT2D eigenvalue weighted by Crippen LogP contribution is -2.46. The number of benzene rings is 1. The molecule has 2 rings (SSSR count). The minimum absolute atomic E-state index is 0.0266. The van der Waals surface area contributed by atoms with Gasteiger partial charge in [-0.05, 0) is 31.2 Å². The minimum Gasteiger partial charge on any atom is -0.559 e. The Labute approximate surface area is 95.5 Å². The van der Waals surface area contributed by atoms with Gasteiger partial charge in [0.25, 0.3) is 0 Å². The van der Waals surface area contributed by atoms with E-state index in [1.807, 2.05) is 19.1 Å². The predicted molar refractivity (Wildman–Crippen MR) is 62.1 cm³/mol. The summed E-state index contributed by atoms with van der Waals surface area (Å²) in [5.74, 6) is 0. The molecule has 0 radical (unpaired) electrons. The molecule has 1 unspecified atom stereocenters. The maximum Gasteiger partial charge on any atom is 0.200 e. The zero-order valence-corrected chi connectivity index (χ0v) is 9.68. The van der Waals surface area contributed by atoms with Crippen LogP contribution in [-0.2, 0) is 9.68 Å². The zero-order chi connectivity index (χ0) is 11.6. The van der Waals surface area contributed by atoms with Crippen molar-refractivity contribution in [1.82, 2.24) is 4.97 Å². The predicted octanol–water partition coefficient (Wildman–Crippen LogP) is 2.85. The van der Waals surface area contributed by atoms with Crippen LogP contribution in [0.2, 0.25) is 0 Å². The Kier molecular flexibility index (Phi) is 3.25. The van der Waals surface area contributed by atoms with Gasteiger partial charge < -0.3 is 5.21 Å². The van der Waals surface area contributed by atoms with Crippen molar-refractivity contribution in [2.75, 3.05) is 7.11 Å². The van der Waals surface area contributed by atoms with Crippen molar-refractivity contribution in [3.05, 3.63) is 35.0 Å². The Bertz CT molecular complexity index is 348. The fourth-order valence-electron chi connectivity index (χ4n) is 1.61. The normalized spacial score (nSPS) is 20.2. The van der Waals surface area contributed by atoms with Gasteiger partial charge in [0.1, 0.15) is 13.2 Å². The van der Waals surface area contributed by atoms with Crippen LogP contribution >= 0.6 is 0 Å². The summed E-state index contributed by atoms with van der Waals surface area (Å²) in [4.78, 5) is 9.19. The van der Waals surface area contributed by atoms with Crippen molar-refractivity contribution >= 4 is 5.69 Å². The van der Waals surface area contributed by atoms with E-state index in [1.165, 1.54) is 7.11 Å². The Hall–Kier alpha value is -0.940. The van der Waals surface area contributed by atoms with Gasteiger partial charge in [-0.1, -0.05) is 17.7 Å². The molecule has 0 saturated heterocycles. The molecule has 1 aromatic rings. The lowest BCUT2D eigenvalue weighted by atomic mass is 9.97. The van der Waals surface area contributed by atoms with Crippen molar-refractivity contribution in [3.8, 4) is 0 Å². The third-order valence-electron chi connectivity index (χ3n) is 2.93. The van der Waals surface area contributed by atoms with Crippen LogP contribution in [0.5, 0.6) is 0 Å². The lowest BCUT2D eigenvalue weighted by molar-refractivity contribution is -0.338. The summed E-state index contributed by atoms with van der Waals surface area (Å²) in [6, 6.07) is 7.24. The van der Waals surface area contributed by atoms with Crippen LogP contribution < -0.4 is 4.97 Å². The molecule has 4 nitrogen and oxygen atoms in total. The highest BCUT2D eigenvalue weighted by Crippen LogP contribution is 2.30. The second-order valence-electron chi connectivity index (χ2n) is 4.17. The van der Waals surface area contributed by atoms with E-state index in [0.29, 0.717) is 5.69 Å². The van der Waals surface area contributed by atoms with Gasteiger partial charge >= 0.3 is 0 Å². The van der Waals surface area contributed by atoms with Gasteiger partial charge in [0.15, 0.2) is 5.69 Å². The summed E-state index contributed by atoms with van der Waals surface area (Å²) < 4.78 is 0. The molecule has 0 aromatic heterocycles. The number of hydrogen-bond acceptors (Lipinski definition) is 3. The highest BCUT2D eigenvalue weighted by molar-refractivity contribution is 5.41. The number of aryl methyl sites for hydroxylation is 1. The van der Waals surface area contributed by atoms with Crippen molar-refractivity contribution < 1.29 is 9.68 Å². The first-order valence-corrected chi connectivity index (χ1v) is 5.55. The molecule has 0 N–H and O–H groups in total. The highest BCUT2D eigenvalue weighted by Gasteiger charge is 2.32. The fraction of sp³-hybridized carbons (Fsp3) is 0.500. The maximum absolute atomic E-state index is 12.3. The summed E-state index contributed by atoms with van der Waals surface area (Å²) in [6.07, 6.45) is 3.04. The van der Waals surface area contributed by atoms with Gasteiger partial charge in [-0.2, -0.15) is 9.68 Å². The lowest BCUT2D eigenvalue weighted by Gasteiger charge is -2.38. The van der Waals surface area contributed by atoms with Gasteiger partial charge in [0, 0.05) is 12.1 Å². The molecule has 0 bridgehead atoms. The summed E-state index contributed by atoms with van der Waals surface area (Å²) >= 11 is 0. The van der Waals surface area contributed by atoms with Gasteiger partial charge in [-0.15, -0.1) is 0 Å². The Morgan fingerprint density at radius 3 is 2.31 bits per heavy atom. The van der Waals surface area contributed by atoms with E-state index >= 15 is 0 Å². The third kappa shape index (κ3) is 2.25. The van der Waals surface area contributed by atoms with Crippen molar-refractivity contribution in [3.63, 3.8) is 0 Å². The molecule has 16 heavy (non-hydrogen) atoms.